The quantitative estimate of drug-likeness (QED) is 0.781. The Labute approximate surface area is 143 Å². The van der Waals surface area contributed by atoms with E-state index < -0.39 is 0 Å². The molecule has 0 spiro atoms. The van der Waals surface area contributed by atoms with E-state index in [9.17, 15) is 14.7 Å². The Morgan fingerprint density at radius 1 is 1.21 bits per heavy atom. The number of carbonyl (C=O) groups is 1. The predicted octanol–water partition coefficient (Wildman–Crippen LogP) is 2.77. The summed E-state index contributed by atoms with van der Waals surface area (Å²) in [5.41, 5.74) is 1.23. The second-order valence-corrected chi connectivity index (χ2v) is 7.44. The van der Waals surface area contributed by atoms with Crippen LogP contribution in [0.3, 0.4) is 0 Å². The minimum Gasteiger partial charge on any atom is -0.508 e. The van der Waals surface area contributed by atoms with Crippen molar-refractivity contribution in [3.8, 4) is 5.75 Å². The fourth-order valence-electron chi connectivity index (χ4n) is 3.63. The van der Waals surface area contributed by atoms with E-state index in [1.807, 2.05) is 10.7 Å². The monoisotopic (exact) mass is 345 g/mol. The van der Waals surface area contributed by atoms with Crippen LogP contribution in [0.4, 0.5) is 5.82 Å². The zero-order valence-corrected chi connectivity index (χ0v) is 13.9. The van der Waals surface area contributed by atoms with Crippen molar-refractivity contribution in [1.29, 1.82) is 0 Å². The maximum Gasteiger partial charge on any atom is 0.270 e. The first kappa shape index (κ1) is 15.4. The van der Waals surface area contributed by atoms with Crippen LogP contribution in [0.5, 0.6) is 5.75 Å². The number of amides is 1. The number of H-pyrrole nitrogens is 1. The second kappa shape index (κ2) is 6.05. The van der Waals surface area contributed by atoms with Crippen LogP contribution in [0.1, 0.15) is 48.1 Å². The van der Waals surface area contributed by atoms with Gasteiger partial charge in [-0.3, -0.25) is 19.4 Å². The third-order valence-corrected chi connectivity index (χ3v) is 6.00. The number of nitrogens with one attached hydrogen (secondary N) is 2. The summed E-state index contributed by atoms with van der Waals surface area (Å²) in [6.45, 7) is 0. The van der Waals surface area contributed by atoms with Crippen molar-refractivity contribution in [3.05, 3.63) is 45.7 Å². The minimum atomic E-state index is -0.280. The Bertz CT molecular complexity index is 836. The summed E-state index contributed by atoms with van der Waals surface area (Å²) in [4.78, 5) is 24.8. The maximum atomic E-state index is 12.7. The number of phenolic OH excluding ortho intramolecular Hbond substituents is 1. The number of benzene rings is 1. The lowest BCUT2D eigenvalue weighted by Crippen LogP contribution is -2.18. The van der Waals surface area contributed by atoms with Gasteiger partial charge in [0, 0.05) is 0 Å². The Morgan fingerprint density at radius 2 is 2.00 bits per heavy atom. The van der Waals surface area contributed by atoms with E-state index in [2.05, 4.69) is 10.4 Å². The molecule has 1 aliphatic carbocycles. The van der Waals surface area contributed by atoms with Gasteiger partial charge in [-0.2, -0.15) is 0 Å². The first-order valence-electron chi connectivity index (χ1n) is 8.18. The van der Waals surface area contributed by atoms with Gasteiger partial charge in [-0.25, -0.2) is 0 Å². The third-order valence-electron chi connectivity index (χ3n) is 4.73. The highest BCUT2D eigenvalue weighted by Gasteiger charge is 2.32. The van der Waals surface area contributed by atoms with Crippen LogP contribution in [-0.4, -0.2) is 26.5 Å². The summed E-state index contributed by atoms with van der Waals surface area (Å²) in [6, 6.07) is 7.12. The van der Waals surface area contributed by atoms with Gasteiger partial charge in [-0.15, -0.1) is 11.8 Å². The second-order valence-electron chi connectivity index (χ2n) is 6.35. The Balaban J connectivity index is 1.85. The standard InChI is InChI=1S/C17H19N3O3S/c21-12-7-3-4-10(8-12)15-14-16(18-13(22)9-24-15)20(19-17(14)23)11-5-1-2-6-11/h3-4,7-8,11,15,21H,1-2,5-6,9H2,(H,18,22)(H,19,23)/t15-/m0/s1. The average molecular weight is 345 g/mol. The molecular weight excluding hydrogens is 326 g/mol. The zero-order chi connectivity index (χ0) is 16.7. The summed E-state index contributed by atoms with van der Waals surface area (Å²) in [7, 11) is 0. The molecule has 0 unspecified atom stereocenters. The number of anilines is 1. The zero-order valence-electron chi connectivity index (χ0n) is 13.1. The third kappa shape index (κ3) is 2.62. The largest absolute Gasteiger partial charge is 0.508 e. The van der Waals surface area contributed by atoms with Crippen molar-refractivity contribution in [2.75, 3.05) is 11.1 Å². The lowest BCUT2D eigenvalue weighted by Gasteiger charge is -2.16. The van der Waals surface area contributed by atoms with Crippen LogP contribution in [0.25, 0.3) is 0 Å². The van der Waals surface area contributed by atoms with E-state index in [1.165, 1.54) is 11.8 Å². The predicted molar refractivity (Wildman–Crippen MR) is 93.6 cm³/mol. The molecule has 0 bridgehead atoms. The summed E-state index contributed by atoms with van der Waals surface area (Å²) in [5, 5.41) is 15.3. The number of phenols is 1. The molecule has 0 saturated heterocycles. The van der Waals surface area contributed by atoms with Crippen LogP contribution >= 0.6 is 11.8 Å². The van der Waals surface area contributed by atoms with Gasteiger partial charge in [0.2, 0.25) is 5.91 Å². The smallest absolute Gasteiger partial charge is 0.270 e. The number of rotatable bonds is 2. The maximum absolute atomic E-state index is 12.7. The molecule has 7 heteroatoms. The first-order chi connectivity index (χ1) is 11.6. The molecule has 1 atom stereocenters. The van der Waals surface area contributed by atoms with Gasteiger partial charge in [0.05, 0.1) is 22.6 Å². The molecule has 1 aliphatic heterocycles. The molecule has 1 fully saturated rings. The number of carbonyl (C=O) groups excluding carboxylic acids is 1. The lowest BCUT2D eigenvalue weighted by atomic mass is 10.1. The number of thioether (sulfide) groups is 1. The summed E-state index contributed by atoms with van der Waals surface area (Å²) in [6.07, 6.45) is 4.30. The van der Waals surface area contributed by atoms with Crippen LogP contribution in [0.2, 0.25) is 0 Å². The topological polar surface area (TPSA) is 87.1 Å². The van der Waals surface area contributed by atoms with Crippen molar-refractivity contribution in [2.45, 2.75) is 37.0 Å². The van der Waals surface area contributed by atoms with Gasteiger partial charge in [0.25, 0.3) is 5.56 Å². The van der Waals surface area contributed by atoms with Gasteiger partial charge in [-0.1, -0.05) is 25.0 Å². The first-order valence-corrected chi connectivity index (χ1v) is 9.23. The molecular formula is C17H19N3O3S. The minimum absolute atomic E-state index is 0.102. The molecule has 2 heterocycles. The van der Waals surface area contributed by atoms with Crippen LogP contribution < -0.4 is 10.9 Å². The van der Waals surface area contributed by atoms with E-state index >= 15 is 0 Å². The fourth-order valence-corrected chi connectivity index (χ4v) is 4.75. The van der Waals surface area contributed by atoms with Gasteiger partial charge in [-0.05, 0) is 30.5 Å². The SMILES string of the molecule is O=C1CS[C@@H](c2cccc(O)c2)c2c(n(C3CCCC3)[nH]c2=O)N1. The summed E-state index contributed by atoms with van der Waals surface area (Å²) in [5.74, 6) is 0.925. The molecule has 1 amide bonds. The van der Waals surface area contributed by atoms with E-state index in [-0.39, 0.29) is 34.3 Å². The van der Waals surface area contributed by atoms with Gasteiger partial charge < -0.3 is 10.4 Å². The van der Waals surface area contributed by atoms with Gasteiger partial charge >= 0.3 is 0 Å². The van der Waals surface area contributed by atoms with Crippen molar-refractivity contribution in [3.63, 3.8) is 0 Å². The number of hydrogen-bond acceptors (Lipinski definition) is 4. The van der Waals surface area contributed by atoms with Crippen molar-refractivity contribution in [2.24, 2.45) is 0 Å². The molecule has 2 aromatic rings. The molecule has 24 heavy (non-hydrogen) atoms. The summed E-state index contributed by atoms with van der Waals surface area (Å²) >= 11 is 1.41. The molecule has 1 saturated carbocycles. The highest BCUT2D eigenvalue weighted by atomic mass is 32.2. The average Bonchev–Trinajstić information content (AvgIpc) is 3.13. The molecule has 1 aromatic heterocycles. The Hall–Kier alpha value is -2.15. The molecule has 0 radical (unpaired) electrons. The highest BCUT2D eigenvalue weighted by Crippen LogP contribution is 2.42. The molecule has 126 valence electrons. The van der Waals surface area contributed by atoms with Crippen LogP contribution in [0, 0.1) is 0 Å². The molecule has 4 rings (SSSR count). The van der Waals surface area contributed by atoms with E-state index in [0.717, 1.165) is 31.2 Å². The number of fused-ring (bicyclic) bond motifs is 1. The number of aromatic nitrogens is 2. The Kier molecular flexibility index (Phi) is 3.88. The van der Waals surface area contributed by atoms with E-state index in [0.29, 0.717) is 11.4 Å². The molecule has 2 aliphatic rings. The lowest BCUT2D eigenvalue weighted by molar-refractivity contribution is -0.113. The number of aromatic amines is 1. The van der Waals surface area contributed by atoms with Crippen LogP contribution in [0.15, 0.2) is 29.1 Å². The normalized spacial score (nSPS) is 21.3. The number of hydrogen-bond donors (Lipinski definition) is 3. The van der Waals surface area contributed by atoms with Crippen LogP contribution in [-0.2, 0) is 4.79 Å². The van der Waals surface area contributed by atoms with Gasteiger partial charge in [0.1, 0.15) is 11.6 Å². The van der Waals surface area contributed by atoms with Crippen molar-refractivity contribution in [1.82, 2.24) is 9.78 Å². The van der Waals surface area contributed by atoms with E-state index in [1.54, 1.807) is 18.2 Å². The van der Waals surface area contributed by atoms with Gasteiger partial charge in [0.15, 0.2) is 0 Å². The fraction of sp³-hybridized carbons (Fsp3) is 0.412. The molecule has 6 nitrogen and oxygen atoms in total. The number of nitrogens with zero attached hydrogens (tertiary/aromatic N) is 1. The number of aromatic hydroxyl groups is 1. The molecule has 1 aromatic carbocycles. The van der Waals surface area contributed by atoms with E-state index in [4.69, 9.17) is 0 Å². The summed E-state index contributed by atoms with van der Waals surface area (Å²) < 4.78 is 1.85. The molecule has 3 N–H and O–H groups in total. The highest BCUT2D eigenvalue weighted by molar-refractivity contribution is 8.00. The van der Waals surface area contributed by atoms with Crippen molar-refractivity contribution >= 4 is 23.5 Å². The van der Waals surface area contributed by atoms with Crippen molar-refractivity contribution < 1.29 is 9.90 Å². The Morgan fingerprint density at radius 3 is 2.75 bits per heavy atom.